The van der Waals surface area contributed by atoms with Gasteiger partial charge in [0.15, 0.2) is 11.2 Å². The number of benzene rings is 1. The zero-order valence-electron chi connectivity index (χ0n) is 16.1. The van der Waals surface area contributed by atoms with E-state index in [0.717, 1.165) is 12.2 Å². The Balaban J connectivity index is 1.98. The predicted octanol–water partition coefficient (Wildman–Crippen LogP) is 1.98. The van der Waals surface area contributed by atoms with Crippen LogP contribution in [0.4, 0.5) is 11.6 Å². The van der Waals surface area contributed by atoms with Gasteiger partial charge in [-0.25, -0.2) is 4.79 Å². The largest absolute Gasteiger partial charge is 0.383 e. The van der Waals surface area contributed by atoms with Gasteiger partial charge < -0.3 is 14.2 Å². The zero-order chi connectivity index (χ0) is 20.0. The Labute approximate surface area is 166 Å². The van der Waals surface area contributed by atoms with Crippen LogP contribution in [0.25, 0.3) is 11.2 Å². The molecule has 0 saturated carbocycles. The first-order valence-corrected chi connectivity index (χ1v) is 9.52. The van der Waals surface area contributed by atoms with Crippen LogP contribution in [0.1, 0.15) is 6.92 Å². The summed E-state index contributed by atoms with van der Waals surface area (Å²) in [6.45, 7) is 4.01. The molecule has 3 heterocycles. The Morgan fingerprint density at radius 3 is 2.79 bits per heavy atom. The van der Waals surface area contributed by atoms with E-state index in [1.807, 2.05) is 33.7 Å². The molecule has 3 aromatic rings. The van der Waals surface area contributed by atoms with Crippen molar-refractivity contribution in [3.05, 3.63) is 50.1 Å². The Bertz CT molecular complexity index is 1160. The Morgan fingerprint density at radius 1 is 1.29 bits per heavy atom. The number of methoxy groups -OCH3 is 1. The Morgan fingerprint density at radius 2 is 2.07 bits per heavy atom. The van der Waals surface area contributed by atoms with Gasteiger partial charge in [-0.3, -0.25) is 13.9 Å². The fourth-order valence-electron chi connectivity index (χ4n) is 3.75. The van der Waals surface area contributed by atoms with Gasteiger partial charge in [-0.15, -0.1) is 0 Å². The fraction of sp³-hybridized carbons (Fsp3) is 0.421. The van der Waals surface area contributed by atoms with Crippen LogP contribution in [0.2, 0.25) is 5.02 Å². The van der Waals surface area contributed by atoms with Crippen LogP contribution in [0, 0.1) is 5.92 Å². The van der Waals surface area contributed by atoms with Crippen LogP contribution in [0.5, 0.6) is 0 Å². The molecule has 0 aliphatic carbocycles. The Hall–Kier alpha value is -2.58. The number of hydrogen-bond acceptors (Lipinski definition) is 5. The van der Waals surface area contributed by atoms with Gasteiger partial charge >= 0.3 is 5.69 Å². The topological polar surface area (TPSA) is 74.3 Å². The van der Waals surface area contributed by atoms with E-state index in [9.17, 15) is 9.59 Å². The van der Waals surface area contributed by atoms with Crippen molar-refractivity contribution in [2.45, 2.75) is 20.0 Å². The second kappa shape index (κ2) is 7.10. The van der Waals surface area contributed by atoms with Crippen molar-refractivity contribution in [2.24, 2.45) is 13.0 Å². The monoisotopic (exact) mass is 403 g/mol. The molecule has 1 aliphatic rings. The van der Waals surface area contributed by atoms with E-state index in [4.69, 9.17) is 16.3 Å². The molecule has 0 radical (unpaired) electrons. The second-order valence-corrected chi connectivity index (χ2v) is 7.62. The molecule has 4 rings (SSSR count). The SMILES string of the molecule is COCCn1c(=O)c2c(nc3n2C[C@H](C)CN3c2cccc(Cl)c2)n(C)c1=O. The van der Waals surface area contributed by atoms with Gasteiger partial charge in [-0.1, -0.05) is 24.6 Å². The molecule has 1 aromatic carbocycles. The van der Waals surface area contributed by atoms with Crippen LogP contribution >= 0.6 is 11.6 Å². The maximum absolute atomic E-state index is 13.1. The van der Waals surface area contributed by atoms with Crippen LogP contribution in [-0.2, 0) is 24.9 Å². The first-order chi connectivity index (χ1) is 13.4. The molecule has 0 unspecified atom stereocenters. The highest BCUT2D eigenvalue weighted by molar-refractivity contribution is 6.30. The van der Waals surface area contributed by atoms with E-state index in [0.29, 0.717) is 28.7 Å². The number of anilines is 2. The number of nitrogens with zero attached hydrogens (tertiary/aromatic N) is 5. The molecule has 0 amide bonds. The van der Waals surface area contributed by atoms with Crippen molar-refractivity contribution in [1.82, 2.24) is 18.7 Å². The lowest BCUT2D eigenvalue weighted by Crippen LogP contribution is -2.41. The molecule has 148 valence electrons. The van der Waals surface area contributed by atoms with Gasteiger partial charge in [0, 0.05) is 38.0 Å². The van der Waals surface area contributed by atoms with Gasteiger partial charge in [0.05, 0.1) is 13.2 Å². The van der Waals surface area contributed by atoms with Gasteiger partial charge in [-0.05, 0) is 24.1 Å². The molecule has 1 atom stereocenters. The summed E-state index contributed by atoms with van der Waals surface area (Å²) in [6.07, 6.45) is 0. The molecule has 28 heavy (non-hydrogen) atoms. The van der Waals surface area contributed by atoms with Crippen molar-refractivity contribution in [2.75, 3.05) is 25.2 Å². The summed E-state index contributed by atoms with van der Waals surface area (Å²) in [5, 5.41) is 0.632. The number of fused-ring (bicyclic) bond motifs is 3. The average Bonchev–Trinajstić information content (AvgIpc) is 3.05. The van der Waals surface area contributed by atoms with E-state index in [1.54, 1.807) is 14.2 Å². The van der Waals surface area contributed by atoms with Gasteiger partial charge in [0.2, 0.25) is 5.95 Å². The van der Waals surface area contributed by atoms with Crippen molar-refractivity contribution in [3.63, 3.8) is 0 Å². The lowest BCUT2D eigenvalue weighted by molar-refractivity contribution is 0.184. The molecule has 8 nitrogen and oxygen atoms in total. The molecule has 0 N–H and O–H groups in total. The number of hydrogen-bond donors (Lipinski definition) is 0. The first kappa shape index (κ1) is 18.8. The summed E-state index contributed by atoms with van der Waals surface area (Å²) in [7, 11) is 3.18. The first-order valence-electron chi connectivity index (χ1n) is 9.14. The highest BCUT2D eigenvalue weighted by Crippen LogP contribution is 2.33. The van der Waals surface area contributed by atoms with E-state index in [-0.39, 0.29) is 24.6 Å². The lowest BCUT2D eigenvalue weighted by Gasteiger charge is -2.33. The van der Waals surface area contributed by atoms with E-state index >= 15 is 0 Å². The molecule has 0 saturated heterocycles. The highest BCUT2D eigenvalue weighted by Gasteiger charge is 2.29. The summed E-state index contributed by atoms with van der Waals surface area (Å²) >= 11 is 6.18. The molecule has 9 heteroatoms. The quantitative estimate of drug-likeness (QED) is 0.666. The molecule has 0 bridgehead atoms. The summed E-state index contributed by atoms with van der Waals surface area (Å²) in [5.74, 6) is 0.930. The van der Waals surface area contributed by atoms with Crippen LogP contribution < -0.4 is 16.1 Å². The molecular formula is C19H22ClN5O3. The van der Waals surface area contributed by atoms with Crippen LogP contribution in [-0.4, -0.2) is 38.9 Å². The number of rotatable bonds is 4. The Kier molecular flexibility index (Phi) is 4.76. The lowest BCUT2D eigenvalue weighted by atomic mass is 10.1. The third-order valence-electron chi connectivity index (χ3n) is 5.08. The van der Waals surface area contributed by atoms with E-state index in [2.05, 4.69) is 11.9 Å². The third kappa shape index (κ3) is 2.93. The minimum absolute atomic E-state index is 0.200. The van der Waals surface area contributed by atoms with Gasteiger partial charge in [-0.2, -0.15) is 4.98 Å². The molecule has 0 spiro atoms. The normalized spacial score (nSPS) is 16.6. The van der Waals surface area contributed by atoms with E-state index in [1.165, 1.54) is 9.13 Å². The van der Waals surface area contributed by atoms with Crippen molar-refractivity contribution in [1.29, 1.82) is 0 Å². The van der Waals surface area contributed by atoms with E-state index < -0.39 is 5.69 Å². The highest BCUT2D eigenvalue weighted by atomic mass is 35.5. The molecule has 0 fully saturated rings. The van der Waals surface area contributed by atoms with Crippen LogP contribution in [0.15, 0.2) is 33.9 Å². The van der Waals surface area contributed by atoms with Crippen LogP contribution in [0.3, 0.4) is 0 Å². The minimum atomic E-state index is -0.396. The second-order valence-electron chi connectivity index (χ2n) is 7.18. The van der Waals surface area contributed by atoms with Crippen molar-refractivity contribution >= 4 is 34.4 Å². The molecular weight excluding hydrogens is 382 g/mol. The summed E-state index contributed by atoms with van der Waals surface area (Å²) in [4.78, 5) is 32.5. The number of imidazole rings is 1. The smallest absolute Gasteiger partial charge is 0.332 e. The number of halogens is 1. The zero-order valence-corrected chi connectivity index (χ0v) is 16.8. The standard InChI is InChI=1S/C19H22ClN5O3/c1-12-10-24(14-6-4-5-13(20)9-14)18-21-16-15(25(18)11-12)17(26)23(7-8-28-3)19(27)22(16)2/h4-6,9,12H,7-8,10-11H2,1-3H3/t12-/m1/s1. The summed E-state index contributed by atoms with van der Waals surface area (Å²) in [5.41, 5.74) is 0.994. The van der Waals surface area contributed by atoms with Crippen molar-refractivity contribution < 1.29 is 4.74 Å². The minimum Gasteiger partial charge on any atom is -0.383 e. The predicted molar refractivity (Wildman–Crippen MR) is 109 cm³/mol. The maximum atomic E-state index is 13.1. The molecule has 1 aliphatic heterocycles. The summed E-state index contributed by atoms with van der Waals surface area (Å²) < 4.78 is 9.61. The average molecular weight is 404 g/mol. The molecule has 2 aromatic heterocycles. The number of aromatic nitrogens is 4. The van der Waals surface area contributed by atoms with Crippen molar-refractivity contribution in [3.8, 4) is 0 Å². The third-order valence-corrected chi connectivity index (χ3v) is 5.32. The fourth-order valence-corrected chi connectivity index (χ4v) is 3.93. The number of ether oxygens (including phenoxy) is 1. The van der Waals surface area contributed by atoms with Gasteiger partial charge in [0.1, 0.15) is 0 Å². The summed E-state index contributed by atoms with van der Waals surface area (Å²) in [6, 6.07) is 7.54. The maximum Gasteiger partial charge on any atom is 0.332 e. The van der Waals surface area contributed by atoms with Gasteiger partial charge in [0.25, 0.3) is 5.56 Å². The number of aryl methyl sites for hydroxylation is 1.